The summed E-state index contributed by atoms with van der Waals surface area (Å²) in [6, 6.07) is 2.99. The number of fused-ring (bicyclic) bond motifs is 1. The molecule has 5 nitrogen and oxygen atoms in total. The van der Waals surface area contributed by atoms with Gasteiger partial charge < -0.3 is 10.8 Å². The molecule has 1 atom stereocenters. The third-order valence-electron chi connectivity index (χ3n) is 2.76. The quantitative estimate of drug-likeness (QED) is 0.534. The molecular formula is C10H12N2O3. The lowest BCUT2D eigenvalue weighted by Gasteiger charge is -2.21. The number of rotatable bonds is 1. The molecule has 0 saturated heterocycles. The Morgan fingerprint density at radius 2 is 2.20 bits per heavy atom. The van der Waals surface area contributed by atoms with E-state index >= 15 is 0 Å². The SMILES string of the molecule is N[C@@H]1CCc2cc(O)c([N+](=O)[O-])cc2C1. The first-order chi connectivity index (χ1) is 7.08. The number of nitro groups is 1. The Morgan fingerprint density at radius 3 is 2.87 bits per heavy atom. The van der Waals surface area contributed by atoms with Crippen LogP contribution in [0.5, 0.6) is 5.75 Å². The van der Waals surface area contributed by atoms with Crippen molar-refractivity contribution in [3.05, 3.63) is 33.4 Å². The summed E-state index contributed by atoms with van der Waals surface area (Å²) in [5.41, 5.74) is 7.41. The maximum Gasteiger partial charge on any atom is 0.310 e. The zero-order valence-corrected chi connectivity index (χ0v) is 8.14. The van der Waals surface area contributed by atoms with Gasteiger partial charge in [0.1, 0.15) is 0 Å². The summed E-state index contributed by atoms with van der Waals surface area (Å²) in [7, 11) is 0. The van der Waals surface area contributed by atoms with E-state index in [4.69, 9.17) is 5.73 Å². The maximum atomic E-state index is 10.6. The average molecular weight is 208 g/mol. The second kappa shape index (κ2) is 3.51. The normalized spacial score (nSPS) is 19.7. The smallest absolute Gasteiger partial charge is 0.310 e. The van der Waals surface area contributed by atoms with Crippen LogP contribution in [0.25, 0.3) is 0 Å². The molecule has 0 unspecified atom stereocenters. The number of aromatic hydroxyl groups is 1. The lowest BCUT2D eigenvalue weighted by Crippen LogP contribution is -2.27. The van der Waals surface area contributed by atoms with Crippen LogP contribution in [-0.4, -0.2) is 16.1 Å². The third kappa shape index (κ3) is 1.78. The van der Waals surface area contributed by atoms with Crippen LogP contribution in [-0.2, 0) is 12.8 Å². The van der Waals surface area contributed by atoms with E-state index < -0.39 is 4.92 Å². The summed E-state index contributed by atoms with van der Waals surface area (Å²) >= 11 is 0. The molecule has 3 N–H and O–H groups in total. The number of nitro benzene ring substituents is 1. The monoisotopic (exact) mass is 208 g/mol. The molecule has 0 bridgehead atoms. The molecule has 2 rings (SSSR count). The number of hydrogen-bond donors (Lipinski definition) is 2. The van der Waals surface area contributed by atoms with Crippen LogP contribution in [0.4, 0.5) is 5.69 Å². The van der Waals surface area contributed by atoms with Crippen LogP contribution in [0.1, 0.15) is 17.5 Å². The van der Waals surface area contributed by atoms with E-state index in [2.05, 4.69) is 0 Å². The minimum absolute atomic E-state index is 0.0710. The number of nitrogens with two attached hydrogens (primary N) is 1. The van der Waals surface area contributed by atoms with Crippen molar-refractivity contribution >= 4 is 5.69 Å². The van der Waals surface area contributed by atoms with E-state index in [1.165, 1.54) is 12.1 Å². The Balaban J connectivity index is 2.47. The van der Waals surface area contributed by atoms with Gasteiger partial charge in [0, 0.05) is 12.1 Å². The van der Waals surface area contributed by atoms with Gasteiger partial charge in [-0.3, -0.25) is 10.1 Å². The predicted octanol–water partition coefficient (Wildman–Crippen LogP) is 1.12. The molecule has 0 radical (unpaired) electrons. The molecule has 0 aliphatic heterocycles. The first-order valence-electron chi connectivity index (χ1n) is 4.82. The third-order valence-corrected chi connectivity index (χ3v) is 2.76. The van der Waals surface area contributed by atoms with Crippen molar-refractivity contribution in [3.8, 4) is 5.75 Å². The fourth-order valence-corrected chi connectivity index (χ4v) is 1.96. The molecule has 1 aromatic rings. The maximum absolute atomic E-state index is 10.6. The lowest BCUT2D eigenvalue weighted by atomic mass is 9.88. The molecular weight excluding hydrogens is 196 g/mol. The first kappa shape index (κ1) is 9.92. The minimum atomic E-state index is -0.574. The fourth-order valence-electron chi connectivity index (χ4n) is 1.96. The van der Waals surface area contributed by atoms with Gasteiger partial charge in [-0.2, -0.15) is 0 Å². The van der Waals surface area contributed by atoms with E-state index in [-0.39, 0.29) is 17.5 Å². The molecule has 1 aliphatic rings. The van der Waals surface area contributed by atoms with Crippen LogP contribution in [0.2, 0.25) is 0 Å². The van der Waals surface area contributed by atoms with Crippen molar-refractivity contribution in [3.63, 3.8) is 0 Å². The Hall–Kier alpha value is -1.62. The van der Waals surface area contributed by atoms with Gasteiger partial charge in [-0.1, -0.05) is 0 Å². The highest BCUT2D eigenvalue weighted by atomic mass is 16.6. The largest absolute Gasteiger partial charge is 0.502 e. The molecule has 1 aromatic carbocycles. The second-order valence-corrected chi connectivity index (χ2v) is 3.87. The van der Waals surface area contributed by atoms with E-state index in [1.807, 2.05) is 0 Å². The van der Waals surface area contributed by atoms with Crippen molar-refractivity contribution in [2.24, 2.45) is 5.73 Å². The number of aryl methyl sites for hydroxylation is 1. The highest BCUT2D eigenvalue weighted by Crippen LogP contribution is 2.32. The van der Waals surface area contributed by atoms with E-state index in [1.54, 1.807) is 0 Å². The summed E-state index contributed by atoms with van der Waals surface area (Å²) in [5, 5.41) is 20.0. The van der Waals surface area contributed by atoms with Crippen LogP contribution in [0.15, 0.2) is 12.1 Å². The molecule has 0 amide bonds. The fraction of sp³-hybridized carbons (Fsp3) is 0.400. The number of phenolic OH excluding ortho intramolecular Hbond substituents is 1. The highest BCUT2D eigenvalue weighted by molar-refractivity contribution is 5.52. The topological polar surface area (TPSA) is 89.4 Å². The molecule has 0 fully saturated rings. The molecule has 1 aliphatic carbocycles. The minimum Gasteiger partial charge on any atom is -0.502 e. The van der Waals surface area contributed by atoms with Gasteiger partial charge in [0.25, 0.3) is 0 Å². The van der Waals surface area contributed by atoms with Crippen LogP contribution < -0.4 is 5.73 Å². The van der Waals surface area contributed by atoms with Crippen molar-refractivity contribution in [1.29, 1.82) is 0 Å². The van der Waals surface area contributed by atoms with Gasteiger partial charge in [-0.15, -0.1) is 0 Å². The van der Waals surface area contributed by atoms with Gasteiger partial charge in [0.15, 0.2) is 5.75 Å². The van der Waals surface area contributed by atoms with Gasteiger partial charge in [-0.05, 0) is 36.5 Å². The Kier molecular flexibility index (Phi) is 2.32. The van der Waals surface area contributed by atoms with E-state index in [0.717, 1.165) is 24.0 Å². The van der Waals surface area contributed by atoms with Crippen molar-refractivity contribution in [1.82, 2.24) is 0 Å². The molecule has 5 heteroatoms. The molecule has 0 saturated carbocycles. The Bertz CT molecular complexity index is 417. The van der Waals surface area contributed by atoms with Crippen molar-refractivity contribution < 1.29 is 10.0 Å². The van der Waals surface area contributed by atoms with Gasteiger partial charge in [-0.25, -0.2) is 0 Å². The number of benzene rings is 1. The summed E-state index contributed by atoms with van der Waals surface area (Å²) in [6.45, 7) is 0. The molecule has 0 aromatic heterocycles. The highest BCUT2D eigenvalue weighted by Gasteiger charge is 2.22. The van der Waals surface area contributed by atoms with Crippen LogP contribution in [0, 0.1) is 10.1 Å². The number of hydrogen-bond acceptors (Lipinski definition) is 4. The number of nitrogens with zero attached hydrogens (tertiary/aromatic N) is 1. The summed E-state index contributed by atoms with van der Waals surface area (Å²) in [5.74, 6) is -0.255. The van der Waals surface area contributed by atoms with E-state index in [0.29, 0.717) is 6.42 Å². The average Bonchev–Trinajstić information content (AvgIpc) is 2.17. The zero-order chi connectivity index (χ0) is 11.0. The van der Waals surface area contributed by atoms with Gasteiger partial charge in [0.05, 0.1) is 4.92 Å². The number of phenols is 1. The zero-order valence-electron chi connectivity index (χ0n) is 8.14. The lowest BCUT2D eigenvalue weighted by molar-refractivity contribution is -0.385. The first-order valence-corrected chi connectivity index (χ1v) is 4.82. The summed E-state index contributed by atoms with van der Waals surface area (Å²) in [4.78, 5) is 10.0. The standard InChI is InChI=1S/C10H12N2O3/c11-8-2-1-6-5-10(13)9(12(14)15)4-7(6)3-8/h4-5,8,13H,1-3,11H2/t8-/m1/s1. The Labute approximate surface area is 86.7 Å². The van der Waals surface area contributed by atoms with Gasteiger partial charge in [0.2, 0.25) is 0 Å². The summed E-state index contributed by atoms with van der Waals surface area (Å²) in [6.07, 6.45) is 2.29. The van der Waals surface area contributed by atoms with Crippen molar-refractivity contribution in [2.75, 3.05) is 0 Å². The summed E-state index contributed by atoms with van der Waals surface area (Å²) < 4.78 is 0. The van der Waals surface area contributed by atoms with Crippen LogP contribution in [0.3, 0.4) is 0 Å². The predicted molar refractivity (Wildman–Crippen MR) is 54.8 cm³/mol. The van der Waals surface area contributed by atoms with Crippen molar-refractivity contribution in [2.45, 2.75) is 25.3 Å². The van der Waals surface area contributed by atoms with Crippen LogP contribution >= 0.6 is 0 Å². The molecule has 15 heavy (non-hydrogen) atoms. The molecule has 0 spiro atoms. The second-order valence-electron chi connectivity index (χ2n) is 3.87. The molecule has 0 heterocycles. The van der Waals surface area contributed by atoms with Gasteiger partial charge >= 0.3 is 5.69 Å². The molecule has 80 valence electrons. The Morgan fingerprint density at radius 1 is 1.47 bits per heavy atom. The van der Waals surface area contributed by atoms with E-state index in [9.17, 15) is 15.2 Å².